The standard InChI is InChI=1S/C14H24N2S/c1-4-6-13(14-7-5-8-17-14)15-12-9-11(2)16(3)10-12/h5,7-8,11-13,15H,4,6,9-10H2,1-3H3. The Kier molecular flexibility index (Phi) is 4.60. The summed E-state index contributed by atoms with van der Waals surface area (Å²) in [4.78, 5) is 3.95. The molecule has 3 atom stereocenters. The van der Waals surface area contributed by atoms with Gasteiger partial charge >= 0.3 is 0 Å². The molecule has 0 spiro atoms. The van der Waals surface area contributed by atoms with Crippen LogP contribution in [0.25, 0.3) is 0 Å². The van der Waals surface area contributed by atoms with E-state index in [1.807, 2.05) is 11.3 Å². The molecule has 0 saturated carbocycles. The molecule has 0 radical (unpaired) electrons. The second-order valence-electron chi connectivity index (χ2n) is 5.24. The average Bonchev–Trinajstić information content (AvgIpc) is 2.89. The lowest BCUT2D eigenvalue weighted by atomic mass is 10.1. The predicted octanol–water partition coefficient (Wildman–Crippen LogP) is 3.27. The maximum atomic E-state index is 3.85. The molecule has 2 rings (SSSR count). The number of hydrogen-bond donors (Lipinski definition) is 1. The molecular formula is C14H24N2S. The Morgan fingerprint density at radius 3 is 2.94 bits per heavy atom. The second-order valence-corrected chi connectivity index (χ2v) is 6.22. The van der Waals surface area contributed by atoms with Gasteiger partial charge in [-0.2, -0.15) is 0 Å². The molecule has 0 bridgehead atoms. The van der Waals surface area contributed by atoms with Crippen LogP contribution >= 0.6 is 11.3 Å². The zero-order chi connectivity index (χ0) is 12.3. The third-order valence-corrected chi connectivity index (χ3v) is 4.77. The van der Waals surface area contributed by atoms with Gasteiger partial charge in [-0.15, -0.1) is 11.3 Å². The summed E-state index contributed by atoms with van der Waals surface area (Å²) >= 11 is 1.88. The molecule has 0 aliphatic carbocycles. The van der Waals surface area contributed by atoms with Crippen molar-refractivity contribution in [1.29, 1.82) is 0 Å². The van der Waals surface area contributed by atoms with E-state index in [0.29, 0.717) is 12.1 Å². The van der Waals surface area contributed by atoms with E-state index in [4.69, 9.17) is 0 Å². The van der Waals surface area contributed by atoms with Gasteiger partial charge in [0.25, 0.3) is 0 Å². The molecule has 1 aromatic heterocycles. The van der Waals surface area contributed by atoms with Crippen LogP contribution in [0.1, 0.15) is 44.0 Å². The average molecular weight is 252 g/mol. The molecule has 2 nitrogen and oxygen atoms in total. The molecule has 96 valence electrons. The fraction of sp³-hybridized carbons (Fsp3) is 0.714. The third-order valence-electron chi connectivity index (χ3n) is 3.79. The van der Waals surface area contributed by atoms with Crippen LogP contribution in [0.3, 0.4) is 0 Å². The van der Waals surface area contributed by atoms with Gasteiger partial charge < -0.3 is 10.2 Å². The molecule has 2 heterocycles. The summed E-state index contributed by atoms with van der Waals surface area (Å²) in [5.41, 5.74) is 0. The van der Waals surface area contributed by atoms with Crippen molar-refractivity contribution in [1.82, 2.24) is 10.2 Å². The van der Waals surface area contributed by atoms with Crippen LogP contribution in [0.15, 0.2) is 17.5 Å². The minimum atomic E-state index is 0.559. The Morgan fingerprint density at radius 1 is 1.59 bits per heavy atom. The summed E-state index contributed by atoms with van der Waals surface area (Å²) < 4.78 is 0. The molecule has 1 saturated heterocycles. The quantitative estimate of drug-likeness (QED) is 0.865. The lowest BCUT2D eigenvalue weighted by Gasteiger charge is -2.21. The van der Waals surface area contributed by atoms with E-state index in [1.54, 1.807) is 0 Å². The first-order valence-corrected chi connectivity index (χ1v) is 7.58. The van der Waals surface area contributed by atoms with E-state index in [-0.39, 0.29) is 0 Å². The van der Waals surface area contributed by atoms with E-state index < -0.39 is 0 Å². The van der Waals surface area contributed by atoms with Crippen LogP contribution in [-0.2, 0) is 0 Å². The first-order chi connectivity index (χ1) is 8.20. The topological polar surface area (TPSA) is 15.3 Å². The van der Waals surface area contributed by atoms with Crippen molar-refractivity contribution in [2.45, 2.75) is 51.2 Å². The smallest absolute Gasteiger partial charge is 0.0417 e. The van der Waals surface area contributed by atoms with E-state index in [0.717, 1.165) is 6.04 Å². The third kappa shape index (κ3) is 3.30. The highest BCUT2D eigenvalue weighted by Gasteiger charge is 2.28. The van der Waals surface area contributed by atoms with Crippen LogP contribution in [0.2, 0.25) is 0 Å². The van der Waals surface area contributed by atoms with Gasteiger partial charge in [0.15, 0.2) is 0 Å². The molecule has 1 aliphatic rings. The molecule has 3 heteroatoms. The largest absolute Gasteiger partial charge is 0.305 e. The summed E-state index contributed by atoms with van der Waals surface area (Å²) in [5.74, 6) is 0. The number of thiophene rings is 1. The number of likely N-dealkylation sites (N-methyl/N-ethyl adjacent to an activating group) is 1. The minimum Gasteiger partial charge on any atom is -0.305 e. The van der Waals surface area contributed by atoms with Crippen molar-refractivity contribution in [3.05, 3.63) is 22.4 Å². The summed E-state index contributed by atoms with van der Waals surface area (Å²) in [6, 6.07) is 6.36. The maximum Gasteiger partial charge on any atom is 0.0417 e. The van der Waals surface area contributed by atoms with E-state index in [9.17, 15) is 0 Å². The number of rotatable bonds is 5. The number of hydrogen-bond acceptors (Lipinski definition) is 3. The molecule has 0 amide bonds. The maximum absolute atomic E-state index is 3.85. The van der Waals surface area contributed by atoms with Crippen molar-refractivity contribution < 1.29 is 0 Å². The first-order valence-electron chi connectivity index (χ1n) is 6.70. The predicted molar refractivity (Wildman–Crippen MR) is 75.6 cm³/mol. The zero-order valence-corrected chi connectivity index (χ0v) is 12.0. The van der Waals surface area contributed by atoms with Gasteiger partial charge in [-0.3, -0.25) is 0 Å². The lowest BCUT2D eigenvalue weighted by molar-refractivity contribution is 0.323. The van der Waals surface area contributed by atoms with Gasteiger partial charge in [-0.1, -0.05) is 19.4 Å². The Morgan fingerprint density at radius 2 is 2.41 bits per heavy atom. The number of likely N-dealkylation sites (tertiary alicyclic amines) is 1. The number of nitrogens with one attached hydrogen (secondary N) is 1. The minimum absolute atomic E-state index is 0.559. The Labute approximate surface area is 109 Å². The van der Waals surface area contributed by atoms with E-state index in [2.05, 4.69) is 48.6 Å². The van der Waals surface area contributed by atoms with Gasteiger partial charge in [-0.05, 0) is 38.3 Å². The van der Waals surface area contributed by atoms with Crippen molar-refractivity contribution in [2.75, 3.05) is 13.6 Å². The molecule has 17 heavy (non-hydrogen) atoms. The van der Waals surface area contributed by atoms with E-state index >= 15 is 0 Å². The first kappa shape index (κ1) is 13.1. The highest BCUT2D eigenvalue weighted by molar-refractivity contribution is 7.10. The highest BCUT2D eigenvalue weighted by atomic mass is 32.1. The van der Waals surface area contributed by atoms with Crippen molar-refractivity contribution in [2.24, 2.45) is 0 Å². The molecule has 1 fully saturated rings. The summed E-state index contributed by atoms with van der Waals surface area (Å²) in [5, 5.41) is 6.03. The molecule has 1 aromatic rings. The Bertz CT molecular complexity index is 313. The Balaban J connectivity index is 1.94. The van der Waals surface area contributed by atoms with E-state index in [1.165, 1.54) is 30.7 Å². The monoisotopic (exact) mass is 252 g/mol. The van der Waals surface area contributed by atoms with Crippen molar-refractivity contribution in [3.8, 4) is 0 Å². The molecule has 0 aromatic carbocycles. The van der Waals surface area contributed by atoms with Gasteiger partial charge in [0.2, 0.25) is 0 Å². The van der Waals surface area contributed by atoms with Crippen molar-refractivity contribution >= 4 is 11.3 Å². The van der Waals surface area contributed by atoms with Crippen LogP contribution < -0.4 is 5.32 Å². The zero-order valence-electron chi connectivity index (χ0n) is 11.1. The molecule has 3 unspecified atom stereocenters. The number of nitrogens with zero attached hydrogens (tertiary/aromatic N) is 1. The summed E-state index contributed by atoms with van der Waals surface area (Å²) in [6.45, 7) is 5.78. The molecule has 1 aliphatic heterocycles. The lowest BCUT2D eigenvalue weighted by Crippen LogP contribution is -2.34. The van der Waals surface area contributed by atoms with Crippen LogP contribution in [0, 0.1) is 0 Å². The highest BCUT2D eigenvalue weighted by Crippen LogP contribution is 2.26. The fourth-order valence-corrected chi connectivity index (χ4v) is 3.51. The van der Waals surface area contributed by atoms with Crippen molar-refractivity contribution in [3.63, 3.8) is 0 Å². The summed E-state index contributed by atoms with van der Waals surface area (Å²) in [7, 11) is 2.23. The van der Waals surface area contributed by atoms with Crippen LogP contribution in [-0.4, -0.2) is 30.6 Å². The fourth-order valence-electron chi connectivity index (χ4n) is 2.69. The van der Waals surface area contributed by atoms with Gasteiger partial charge in [-0.25, -0.2) is 0 Å². The molecular weight excluding hydrogens is 228 g/mol. The van der Waals surface area contributed by atoms with Crippen LogP contribution in [0.4, 0.5) is 0 Å². The van der Waals surface area contributed by atoms with Crippen LogP contribution in [0.5, 0.6) is 0 Å². The normalized spacial score (nSPS) is 27.5. The van der Waals surface area contributed by atoms with Gasteiger partial charge in [0, 0.05) is 29.5 Å². The Hall–Kier alpha value is -0.380. The summed E-state index contributed by atoms with van der Waals surface area (Å²) in [6.07, 6.45) is 3.77. The van der Waals surface area contributed by atoms with Gasteiger partial charge in [0.05, 0.1) is 0 Å². The molecule has 1 N–H and O–H groups in total. The second kappa shape index (κ2) is 5.98. The SMILES string of the molecule is CCCC(NC1CC(C)N(C)C1)c1cccs1. The van der Waals surface area contributed by atoms with Gasteiger partial charge in [0.1, 0.15) is 0 Å².